The zero-order chi connectivity index (χ0) is 16.4. The molecule has 1 aromatic rings. The first kappa shape index (κ1) is 22.0. The second kappa shape index (κ2) is 12.4. The number of benzene rings is 1. The number of para-hydroxylation sites is 1. The van der Waals surface area contributed by atoms with E-state index in [-0.39, 0.29) is 24.0 Å². The van der Waals surface area contributed by atoms with Crippen molar-refractivity contribution in [3.05, 3.63) is 29.8 Å². The number of ether oxygens (including phenoxy) is 1. The number of hydrogen-bond donors (Lipinski definition) is 2. The van der Waals surface area contributed by atoms with Crippen LogP contribution < -0.4 is 15.4 Å². The second-order valence-corrected chi connectivity index (χ2v) is 5.56. The highest BCUT2D eigenvalue weighted by Gasteiger charge is 2.04. The van der Waals surface area contributed by atoms with Gasteiger partial charge in [-0.25, -0.2) is 0 Å². The molecule has 2 N–H and O–H groups in total. The number of guanidine groups is 1. The number of methoxy groups -OCH3 is 1. The van der Waals surface area contributed by atoms with Crippen molar-refractivity contribution >= 4 is 29.9 Å². The molecule has 0 amide bonds. The quantitative estimate of drug-likeness (QED) is 0.375. The van der Waals surface area contributed by atoms with Gasteiger partial charge < -0.3 is 20.3 Å². The summed E-state index contributed by atoms with van der Waals surface area (Å²) in [6, 6.07) is 8.66. The summed E-state index contributed by atoms with van der Waals surface area (Å²) >= 11 is 0. The number of hydrogen-bond acceptors (Lipinski definition) is 3. The van der Waals surface area contributed by atoms with Crippen LogP contribution >= 0.6 is 24.0 Å². The summed E-state index contributed by atoms with van der Waals surface area (Å²) < 4.78 is 5.36. The Morgan fingerprint density at radius 3 is 2.48 bits per heavy atom. The smallest absolute Gasteiger partial charge is 0.191 e. The van der Waals surface area contributed by atoms with Crippen molar-refractivity contribution in [1.29, 1.82) is 0 Å². The Hall–Kier alpha value is -1.02. The fraction of sp³-hybridized carbons (Fsp3) is 0.588. The fourth-order valence-electron chi connectivity index (χ4n) is 2.05. The van der Waals surface area contributed by atoms with Crippen LogP contribution in [0.2, 0.25) is 0 Å². The Morgan fingerprint density at radius 2 is 1.87 bits per heavy atom. The predicted molar refractivity (Wildman–Crippen MR) is 109 cm³/mol. The maximum Gasteiger partial charge on any atom is 0.191 e. The van der Waals surface area contributed by atoms with Crippen LogP contribution in [0.5, 0.6) is 5.75 Å². The van der Waals surface area contributed by atoms with Gasteiger partial charge in [0.2, 0.25) is 0 Å². The van der Waals surface area contributed by atoms with Crippen LogP contribution in [-0.4, -0.2) is 57.7 Å². The second-order valence-electron chi connectivity index (χ2n) is 5.56. The number of nitrogens with zero attached hydrogens (tertiary/aromatic N) is 2. The molecule has 0 spiro atoms. The average Bonchev–Trinajstić information content (AvgIpc) is 2.53. The van der Waals surface area contributed by atoms with E-state index in [2.05, 4.69) is 47.5 Å². The molecule has 0 fully saturated rings. The lowest BCUT2D eigenvalue weighted by Gasteiger charge is -2.21. The number of aliphatic imine (C=N–C) groups is 1. The lowest BCUT2D eigenvalue weighted by Crippen LogP contribution is -2.42. The zero-order valence-corrected chi connectivity index (χ0v) is 17.3. The molecule has 1 rings (SSSR count). The van der Waals surface area contributed by atoms with Gasteiger partial charge >= 0.3 is 0 Å². The monoisotopic (exact) mass is 434 g/mol. The summed E-state index contributed by atoms with van der Waals surface area (Å²) in [5.74, 6) is 1.78. The highest BCUT2D eigenvalue weighted by molar-refractivity contribution is 14.0. The van der Waals surface area contributed by atoms with Crippen molar-refractivity contribution in [1.82, 2.24) is 15.5 Å². The van der Waals surface area contributed by atoms with Crippen LogP contribution in [0.3, 0.4) is 0 Å². The predicted octanol–water partition coefficient (Wildman–Crippen LogP) is 2.36. The molecule has 6 heteroatoms. The summed E-state index contributed by atoms with van der Waals surface area (Å²) in [7, 11) is 5.63. The maximum atomic E-state index is 5.36. The minimum Gasteiger partial charge on any atom is -0.496 e. The Balaban J connectivity index is 0.00000484. The average molecular weight is 434 g/mol. The molecule has 0 unspecified atom stereocenters. The molecule has 0 aliphatic heterocycles. The molecule has 5 nitrogen and oxygen atoms in total. The highest BCUT2D eigenvalue weighted by Crippen LogP contribution is 2.17. The van der Waals surface area contributed by atoms with Gasteiger partial charge in [0.05, 0.1) is 7.11 Å². The topological polar surface area (TPSA) is 48.9 Å². The summed E-state index contributed by atoms with van der Waals surface area (Å²) in [4.78, 5) is 6.55. The molecule has 1 aromatic carbocycles. The van der Waals surface area contributed by atoms with Gasteiger partial charge in [-0.1, -0.05) is 18.2 Å². The lowest BCUT2D eigenvalue weighted by molar-refractivity contribution is 0.278. The summed E-state index contributed by atoms with van der Waals surface area (Å²) in [5.41, 5.74) is 1.20. The van der Waals surface area contributed by atoms with Gasteiger partial charge in [0, 0.05) is 32.7 Å². The number of rotatable bonds is 8. The Labute approximate surface area is 157 Å². The molecule has 0 saturated carbocycles. The van der Waals surface area contributed by atoms with Gasteiger partial charge in [0.1, 0.15) is 5.75 Å². The molecule has 0 heterocycles. The van der Waals surface area contributed by atoms with E-state index in [0.717, 1.165) is 37.8 Å². The third-order valence-electron chi connectivity index (χ3n) is 3.74. The van der Waals surface area contributed by atoms with Crippen molar-refractivity contribution in [2.75, 3.05) is 40.8 Å². The van der Waals surface area contributed by atoms with E-state index in [4.69, 9.17) is 4.74 Å². The van der Waals surface area contributed by atoms with Crippen molar-refractivity contribution < 1.29 is 4.74 Å². The van der Waals surface area contributed by atoms with Crippen LogP contribution in [0.15, 0.2) is 29.3 Å². The molecule has 0 atom stereocenters. The third kappa shape index (κ3) is 8.41. The van der Waals surface area contributed by atoms with Crippen molar-refractivity contribution in [2.45, 2.75) is 26.3 Å². The van der Waals surface area contributed by atoms with Gasteiger partial charge in [-0.15, -0.1) is 24.0 Å². The van der Waals surface area contributed by atoms with E-state index in [9.17, 15) is 0 Å². The molecule has 0 aliphatic rings. The third-order valence-corrected chi connectivity index (χ3v) is 3.74. The number of halogens is 1. The van der Waals surface area contributed by atoms with Gasteiger partial charge in [0.25, 0.3) is 0 Å². The van der Waals surface area contributed by atoms with E-state index < -0.39 is 0 Å². The molecule has 0 aromatic heterocycles. The maximum absolute atomic E-state index is 5.36. The van der Waals surface area contributed by atoms with Crippen LogP contribution in [0.25, 0.3) is 0 Å². The fourth-order valence-corrected chi connectivity index (χ4v) is 2.05. The van der Waals surface area contributed by atoms with Crippen LogP contribution in [0.1, 0.15) is 19.4 Å². The minimum absolute atomic E-state index is 0. The van der Waals surface area contributed by atoms with E-state index in [1.807, 2.05) is 18.2 Å². The molecule has 132 valence electrons. The Kier molecular flexibility index (Phi) is 11.9. The first-order chi connectivity index (χ1) is 10.6. The highest BCUT2D eigenvalue weighted by atomic mass is 127. The molecule has 0 bridgehead atoms. The van der Waals surface area contributed by atoms with Crippen molar-refractivity contribution in [3.8, 4) is 5.75 Å². The van der Waals surface area contributed by atoms with Crippen molar-refractivity contribution in [3.63, 3.8) is 0 Å². The molecule has 0 radical (unpaired) electrons. The normalized spacial score (nSPS) is 11.3. The molecule has 0 aliphatic carbocycles. The summed E-state index contributed by atoms with van der Waals surface area (Å²) in [6.07, 6.45) is 0.899. The first-order valence-electron chi connectivity index (χ1n) is 7.85. The van der Waals surface area contributed by atoms with Crippen LogP contribution in [0.4, 0.5) is 0 Å². The van der Waals surface area contributed by atoms with Crippen LogP contribution in [-0.2, 0) is 6.42 Å². The largest absolute Gasteiger partial charge is 0.496 e. The van der Waals surface area contributed by atoms with E-state index >= 15 is 0 Å². The molecular formula is C17H31IN4O. The van der Waals surface area contributed by atoms with Crippen molar-refractivity contribution in [2.24, 2.45) is 4.99 Å². The Morgan fingerprint density at radius 1 is 1.22 bits per heavy atom. The van der Waals surface area contributed by atoms with Gasteiger partial charge in [-0.3, -0.25) is 4.99 Å². The van der Waals surface area contributed by atoms with Crippen LogP contribution in [0, 0.1) is 0 Å². The molecular weight excluding hydrogens is 403 g/mol. The minimum atomic E-state index is 0. The summed E-state index contributed by atoms with van der Waals surface area (Å²) in [5, 5.41) is 6.67. The van der Waals surface area contributed by atoms with Gasteiger partial charge in [0.15, 0.2) is 5.96 Å². The SMILES string of the molecule is CN=C(NCCc1ccccc1OC)NCCN(C)C(C)C.I. The van der Waals surface area contributed by atoms with E-state index in [0.29, 0.717) is 6.04 Å². The first-order valence-corrected chi connectivity index (χ1v) is 7.85. The van der Waals surface area contributed by atoms with Gasteiger partial charge in [-0.05, 0) is 38.9 Å². The standard InChI is InChI=1S/C17H30N4O.HI/c1-14(2)21(4)13-12-20-17(18-3)19-11-10-15-8-6-7-9-16(15)22-5;/h6-9,14H,10-13H2,1-5H3,(H2,18,19,20);1H. The van der Waals surface area contributed by atoms with E-state index in [1.54, 1.807) is 14.2 Å². The summed E-state index contributed by atoms with van der Waals surface area (Å²) in [6.45, 7) is 7.08. The van der Waals surface area contributed by atoms with E-state index in [1.165, 1.54) is 5.56 Å². The molecule has 23 heavy (non-hydrogen) atoms. The zero-order valence-electron chi connectivity index (χ0n) is 14.9. The molecule has 0 saturated heterocycles. The van der Waals surface area contributed by atoms with Gasteiger partial charge in [-0.2, -0.15) is 0 Å². The lowest BCUT2D eigenvalue weighted by atomic mass is 10.1. The number of nitrogens with one attached hydrogen (secondary N) is 2. The Bertz CT molecular complexity index is 466. The number of likely N-dealkylation sites (N-methyl/N-ethyl adjacent to an activating group) is 1.